The number of esters is 1. The highest BCUT2D eigenvalue weighted by Gasteiger charge is 2.32. The van der Waals surface area contributed by atoms with E-state index in [2.05, 4.69) is 10.1 Å². The fourth-order valence-electron chi connectivity index (χ4n) is 1.43. The average molecular weight is 217 g/mol. The van der Waals surface area contributed by atoms with E-state index in [9.17, 15) is 4.79 Å². The SMILES string of the molecule is COC(=O)C(C)NCC1COC(C)(C)O1. The molecule has 0 bridgehead atoms. The number of methoxy groups -OCH3 is 1. The van der Waals surface area contributed by atoms with Crippen molar-refractivity contribution in [3.63, 3.8) is 0 Å². The first-order chi connectivity index (χ1) is 6.94. The number of hydrogen-bond donors (Lipinski definition) is 1. The van der Waals surface area contributed by atoms with Crippen molar-refractivity contribution >= 4 is 5.97 Å². The summed E-state index contributed by atoms with van der Waals surface area (Å²) in [5, 5.41) is 3.03. The van der Waals surface area contributed by atoms with Crippen molar-refractivity contribution in [2.24, 2.45) is 0 Å². The number of carbonyl (C=O) groups is 1. The molecule has 1 saturated heterocycles. The van der Waals surface area contributed by atoms with Crippen LogP contribution in [0.25, 0.3) is 0 Å². The molecule has 2 unspecified atom stereocenters. The lowest BCUT2D eigenvalue weighted by Gasteiger charge is -2.18. The zero-order chi connectivity index (χ0) is 11.5. The number of hydrogen-bond acceptors (Lipinski definition) is 5. The molecule has 5 heteroatoms. The Labute approximate surface area is 90.1 Å². The summed E-state index contributed by atoms with van der Waals surface area (Å²) in [4.78, 5) is 11.1. The van der Waals surface area contributed by atoms with Crippen LogP contribution in [0, 0.1) is 0 Å². The Kier molecular flexibility index (Phi) is 4.07. The largest absolute Gasteiger partial charge is 0.468 e. The van der Waals surface area contributed by atoms with E-state index in [-0.39, 0.29) is 18.1 Å². The molecule has 1 N–H and O–H groups in total. The molecule has 0 aliphatic carbocycles. The highest BCUT2D eigenvalue weighted by Crippen LogP contribution is 2.21. The van der Waals surface area contributed by atoms with Crippen LogP contribution in [0.1, 0.15) is 20.8 Å². The Balaban J connectivity index is 2.24. The molecule has 5 nitrogen and oxygen atoms in total. The van der Waals surface area contributed by atoms with Crippen molar-refractivity contribution in [3.8, 4) is 0 Å². The Morgan fingerprint density at radius 1 is 1.67 bits per heavy atom. The molecule has 0 amide bonds. The third-order valence-electron chi connectivity index (χ3n) is 2.27. The summed E-state index contributed by atoms with van der Waals surface area (Å²) in [6.45, 7) is 6.63. The highest BCUT2D eigenvalue weighted by molar-refractivity contribution is 5.75. The molecule has 0 aromatic carbocycles. The summed E-state index contributed by atoms with van der Waals surface area (Å²) in [6, 6.07) is -0.317. The molecule has 1 rings (SSSR count). The van der Waals surface area contributed by atoms with Gasteiger partial charge in [0.05, 0.1) is 19.8 Å². The lowest BCUT2D eigenvalue weighted by Crippen LogP contribution is -2.40. The number of carbonyl (C=O) groups excluding carboxylic acids is 1. The van der Waals surface area contributed by atoms with Gasteiger partial charge >= 0.3 is 5.97 Å². The minimum absolute atomic E-state index is 0.00731. The summed E-state index contributed by atoms with van der Waals surface area (Å²) in [5.74, 6) is -0.783. The molecular weight excluding hydrogens is 198 g/mol. The van der Waals surface area contributed by atoms with Crippen LogP contribution in [0.5, 0.6) is 0 Å². The molecule has 0 spiro atoms. The third kappa shape index (κ3) is 3.77. The van der Waals surface area contributed by atoms with Gasteiger partial charge in [0.15, 0.2) is 5.79 Å². The first kappa shape index (κ1) is 12.4. The van der Waals surface area contributed by atoms with Crippen LogP contribution >= 0.6 is 0 Å². The van der Waals surface area contributed by atoms with Crippen LogP contribution in [0.2, 0.25) is 0 Å². The predicted molar refractivity (Wildman–Crippen MR) is 54.4 cm³/mol. The molecule has 15 heavy (non-hydrogen) atoms. The summed E-state index contributed by atoms with van der Waals surface area (Å²) < 4.78 is 15.6. The summed E-state index contributed by atoms with van der Waals surface area (Å²) >= 11 is 0. The summed E-state index contributed by atoms with van der Waals surface area (Å²) in [5.41, 5.74) is 0. The van der Waals surface area contributed by atoms with Crippen LogP contribution in [-0.2, 0) is 19.0 Å². The first-order valence-corrected chi connectivity index (χ1v) is 5.07. The second-order valence-corrected chi connectivity index (χ2v) is 4.10. The first-order valence-electron chi connectivity index (χ1n) is 5.07. The molecule has 0 radical (unpaired) electrons. The maximum Gasteiger partial charge on any atom is 0.322 e. The van der Waals surface area contributed by atoms with Crippen molar-refractivity contribution in [1.82, 2.24) is 5.32 Å². The summed E-state index contributed by atoms with van der Waals surface area (Å²) in [7, 11) is 1.37. The van der Waals surface area contributed by atoms with Crippen molar-refractivity contribution in [3.05, 3.63) is 0 Å². The lowest BCUT2D eigenvalue weighted by molar-refractivity contribution is -0.143. The molecule has 0 aromatic heterocycles. The zero-order valence-electron chi connectivity index (χ0n) is 9.70. The molecule has 1 aliphatic rings. The molecule has 88 valence electrons. The van der Waals surface area contributed by atoms with Gasteiger partial charge in [0, 0.05) is 6.54 Å². The van der Waals surface area contributed by atoms with Gasteiger partial charge in [-0.05, 0) is 20.8 Å². The van der Waals surface area contributed by atoms with Crippen LogP contribution in [0.3, 0.4) is 0 Å². The maximum atomic E-state index is 11.1. The maximum absolute atomic E-state index is 11.1. The van der Waals surface area contributed by atoms with Gasteiger partial charge in [-0.2, -0.15) is 0 Å². The molecule has 1 fully saturated rings. The molecule has 1 aliphatic heterocycles. The number of nitrogens with one attached hydrogen (secondary N) is 1. The van der Waals surface area contributed by atoms with Crippen LogP contribution in [0.4, 0.5) is 0 Å². The van der Waals surface area contributed by atoms with Gasteiger partial charge in [-0.1, -0.05) is 0 Å². The van der Waals surface area contributed by atoms with E-state index in [1.807, 2.05) is 13.8 Å². The quantitative estimate of drug-likeness (QED) is 0.686. The fourth-order valence-corrected chi connectivity index (χ4v) is 1.43. The number of ether oxygens (including phenoxy) is 3. The fraction of sp³-hybridized carbons (Fsp3) is 0.900. The van der Waals surface area contributed by atoms with Crippen molar-refractivity contribution < 1.29 is 19.0 Å². The van der Waals surface area contributed by atoms with Crippen molar-refractivity contribution in [2.45, 2.75) is 38.7 Å². The average Bonchev–Trinajstić information content (AvgIpc) is 2.53. The Bertz CT molecular complexity index is 229. The van der Waals surface area contributed by atoms with Gasteiger partial charge < -0.3 is 19.5 Å². The highest BCUT2D eigenvalue weighted by atomic mass is 16.7. The van der Waals surface area contributed by atoms with E-state index >= 15 is 0 Å². The van der Waals surface area contributed by atoms with Crippen molar-refractivity contribution in [2.75, 3.05) is 20.3 Å². The summed E-state index contributed by atoms with van der Waals surface area (Å²) in [6.07, 6.45) is -0.00731. The van der Waals surface area contributed by atoms with E-state index in [0.29, 0.717) is 13.2 Å². The van der Waals surface area contributed by atoms with E-state index < -0.39 is 5.79 Å². The van der Waals surface area contributed by atoms with Crippen LogP contribution < -0.4 is 5.32 Å². The van der Waals surface area contributed by atoms with Gasteiger partial charge in [-0.3, -0.25) is 4.79 Å². The van der Waals surface area contributed by atoms with E-state index in [1.165, 1.54) is 7.11 Å². The second-order valence-electron chi connectivity index (χ2n) is 4.10. The van der Waals surface area contributed by atoms with Gasteiger partial charge in [-0.15, -0.1) is 0 Å². The minimum atomic E-state index is -0.513. The van der Waals surface area contributed by atoms with Gasteiger partial charge in [0.25, 0.3) is 0 Å². The molecule has 0 saturated carbocycles. The molecule has 1 heterocycles. The van der Waals surface area contributed by atoms with Crippen molar-refractivity contribution in [1.29, 1.82) is 0 Å². The predicted octanol–water partition coefficient (Wildman–Crippen LogP) is 0.289. The molecule has 0 aromatic rings. The van der Waals surface area contributed by atoms with Gasteiger partial charge in [-0.25, -0.2) is 0 Å². The standard InChI is InChI=1S/C10H19NO4/c1-7(9(12)13-4)11-5-8-6-14-10(2,3)15-8/h7-8,11H,5-6H2,1-4H3. The minimum Gasteiger partial charge on any atom is -0.468 e. The Morgan fingerprint density at radius 3 is 2.80 bits per heavy atom. The smallest absolute Gasteiger partial charge is 0.322 e. The second kappa shape index (κ2) is 4.92. The van der Waals surface area contributed by atoms with E-state index in [4.69, 9.17) is 9.47 Å². The van der Waals surface area contributed by atoms with Gasteiger partial charge in [0.2, 0.25) is 0 Å². The topological polar surface area (TPSA) is 56.8 Å². The molecule has 2 atom stereocenters. The zero-order valence-corrected chi connectivity index (χ0v) is 9.70. The normalized spacial score (nSPS) is 26.3. The van der Waals surface area contributed by atoms with Gasteiger partial charge in [0.1, 0.15) is 6.04 Å². The monoisotopic (exact) mass is 217 g/mol. The lowest BCUT2D eigenvalue weighted by atomic mass is 10.3. The molecular formula is C10H19NO4. The number of rotatable bonds is 4. The third-order valence-corrected chi connectivity index (χ3v) is 2.27. The van der Waals surface area contributed by atoms with Crippen LogP contribution in [-0.4, -0.2) is 44.2 Å². The Morgan fingerprint density at radius 2 is 2.33 bits per heavy atom. The Hall–Kier alpha value is -0.650. The van der Waals surface area contributed by atoms with Crippen LogP contribution in [0.15, 0.2) is 0 Å². The van der Waals surface area contributed by atoms with E-state index in [0.717, 1.165) is 0 Å². The van der Waals surface area contributed by atoms with E-state index in [1.54, 1.807) is 6.92 Å².